The van der Waals surface area contributed by atoms with Crippen LogP contribution in [0, 0.1) is 0 Å². The van der Waals surface area contributed by atoms with E-state index in [0.717, 1.165) is 16.1 Å². The maximum absolute atomic E-state index is 13.1. The second-order valence-electron chi connectivity index (χ2n) is 8.68. The Morgan fingerprint density at radius 2 is 2.05 bits per heavy atom. The fraction of sp³-hybridized carbons (Fsp3) is 0.500. The minimum absolute atomic E-state index is 0.0708. The van der Waals surface area contributed by atoms with Crippen LogP contribution in [0.25, 0.3) is 0 Å². The molecule has 1 fully saturated rings. The second-order valence-corrected chi connectivity index (χ2v) is 10.9. The Bertz CT molecular complexity index is 1330. The van der Waals surface area contributed by atoms with Gasteiger partial charge in [0.25, 0.3) is 11.8 Å². The molecule has 1 aliphatic heterocycles. The van der Waals surface area contributed by atoms with E-state index in [-0.39, 0.29) is 21.7 Å². The van der Waals surface area contributed by atoms with Crippen LogP contribution in [0.2, 0.25) is 0 Å². The third kappa shape index (κ3) is 6.37. The number of aromatic nitrogens is 4. The summed E-state index contributed by atoms with van der Waals surface area (Å²) in [5, 5.41) is 24.9. The van der Waals surface area contributed by atoms with Crippen LogP contribution in [0.5, 0.6) is 0 Å². The SMILES string of the molecule is CN(C)Cc1cnn(C[C@H]2[C@H](NC(=O)C(=NOC(C)(C)C(=O)O)c3csc(N)n3)C(=O)N2S(=O)(=O)O)n1. The molecule has 3 rings (SSSR count). The third-order valence-electron chi connectivity index (χ3n) is 4.98. The van der Waals surface area contributed by atoms with Gasteiger partial charge in [-0.15, -0.1) is 11.3 Å². The van der Waals surface area contributed by atoms with Gasteiger partial charge in [-0.25, -0.2) is 14.1 Å². The first-order chi connectivity index (χ1) is 17.1. The normalized spacial score (nSPS) is 18.6. The fourth-order valence-corrected chi connectivity index (χ4v) is 4.55. The van der Waals surface area contributed by atoms with Gasteiger partial charge in [-0.05, 0) is 27.9 Å². The number of nitrogens with two attached hydrogens (primary N) is 1. The van der Waals surface area contributed by atoms with Crippen molar-refractivity contribution < 1.29 is 37.3 Å². The molecule has 202 valence electrons. The van der Waals surface area contributed by atoms with Crippen molar-refractivity contribution in [2.75, 3.05) is 19.8 Å². The van der Waals surface area contributed by atoms with Crippen molar-refractivity contribution >= 4 is 50.3 Å². The van der Waals surface area contributed by atoms with E-state index in [1.165, 1.54) is 25.4 Å². The molecule has 37 heavy (non-hydrogen) atoms. The first-order valence-corrected chi connectivity index (χ1v) is 12.7. The molecule has 2 amide bonds. The summed E-state index contributed by atoms with van der Waals surface area (Å²) in [6.07, 6.45) is 1.45. The highest BCUT2D eigenvalue weighted by molar-refractivity contribution is 7.84. The summed E-state index contributed by atoms with van der Waals surface area (Å²) in [7, 11) is -1.34. The molecule has 1 aliphatic rings. The van der Waals surface area contributed by atoms with Crippen LogP contribution in [-0.2, 0) is 42.6 Å². The molecular weight excluding hydrogens is 534 g/mol. The molecule has 2 atom stereocenters. The van der Waals surface area contributed by atoms with E-state index in [0.29, 0.717) is 12.2 Å². The minimum atomic E-state index is -4.97. The lowest BCUT2D eigenvalue weighted by Gasteiger charge is -2.43. The molecule has 0 spiro atoms. The van der Waals surface area contributed by atoms with Crippen molar-refractivity contribution in [2.24, 2.45) is 5.16 Å². The van der Waals surface area contributed by atoms with Gasteiger partial charge < -0.3 is 25.9 Å². The van der Waals surface area contributed by atoms with E-state index >= 15 is 0 Å². The van der Waals surface area contributed by atoms with Gasteiger partial charge in [0, 0.05) is 11.9 Å². The number of oxime groups is 1. The number of hydrogen-bond donors (Lipinski definition) is 4. The molecule has 5 N–H and O–H groups in total. The predicted octanol–water partition coefficient (Wildman–Crippen LogP) is -1.84. The summed E-state index contributed by atoms with van der Waals surface area (Å²) in [6.45, 7) is 2.54. The molecular formula is C18H25N9O8S2. The number of aliphatic carboxylic acids is 1. The number of nitrogen functional groups attached to an aromatic ring is 1. The predicted molar refractivity (Wildman–Crippen MR) is 127 cm³/mol. The number of carboxylic acids is 1. The summed E-state index contributed by atoms with van der Waals surface area (Å²) < 4.78 is 33.4. The van der Waals surface area contributed by atoms with Crippen molar-refractivity contribution in [3.8, 4) is 0 Å². The number of carbonyl (C=O) groups is 3. The van der Waals surface area contributed by atoms with Crippen LogP contribution >= 0.6 is 11.3 Å². The van der Waals surface area contributed by atoms with Crippen LogP contribution in [0.3, 0.4) is 0 Å². The van der Waals surface area contributed by atoms with E-state index < -0.39 is 51.5 Å². The standard InChI is InChI=1S/C18H25N9O8S2/c1-18(2,16(30)31)35-24-12(10-8-36-17(19)21-10)14(28)22-13-11(27(15(13)29)37(32,33)34)7-26-20-5-9(23-26)6-25(3)4/h5,8,11,13H,6-7H2,1-4H3,(H2,19,21)(H,22,28)(H,30,31)(H,32,33,34)/t11-,13-/m0/s1. The highest BCUT2D eigenvalue weighted by atomic mass is 32.2. The van der Waals surface area contributed by atoms with Gasteiger partial charge >= 0.3 is 16.3 Å². The molecule has 0 aliphatic carbocycles. The Hall–Kier alpha value is -3.68. The Kier molecular flexibility index (Phi) is 7.81. The number of β-lactam (4-membered cyclic amide) rings is 1. The third-order valence-corrected chi connectivity index (χ3v) is 6.60. The molecule has 0 unspecified atom stereocenters. The number of nitrogens with one attached hydrogen (secondary N) is 1. The van der Waals surface area contributed by atoms with Gasteiger partial charge in [0.15, 0.2) is 10.8 Å². The summed E-state index contributed by atoms with van der Waals surface area (Å²) >= 11 is 0.965. The van der Waals surface area contributed by atoms with Gasteiger partial charge in [-0.1, -0.05) is 5.16 Å². The number of thiazole rings is 1. The van der Waals surface area contributed by atoms with Crippen LogP contribution in [0.15, 0.2) is 16.7 Å². The van der Waals surface area contributed by atoms with Gasteiger partial charge in [0.2, 0.25) is 5.60 Å². The number of rotatable bonds is 11. The quantitative estimate of drug-likeness (QED) is 0.103. The van der Waals surface area contributed by atoms with Crippen LogP contribution in [0.1, 0.15) is 25.2 Å². The van der Waals surface area contributed by atoms with E-state index in [1.54, 1.807) is 0 Å². The van der Waals surface area contributed by atoms with Crippen molar-refractivity contribution in [1.29, 1.82) is 0 Å². The van der Waals surface area contributed by atoms with Crippen molar-refractivity contribution in [3.05, 3.63) is 23.0 Å². The largest absolute Gasteiger partial charge is 0.478 e. The second kappa shape index (κ2) is 10.4. The molecule has 17 nitrogen and oxygen atoms in total. The highest BCUT2D eigenvalue weighted by Crippen LogP contribution is 2.25. The summed E-state index contributed by atoms with van der Waals surface area (Å²) in [5.41, 5.74) is 3.78. The molecule has 19 heteroatoms. The molecule has 2 aromatic rings. The first-order valence-electron chi connectivity index (χ1n) is 10.5. The molecule has 0 radical (unpaired) electrons. The smallest absolute Gasteiger partial charge is 0.362 e. The zero-order valence-electron chi connectivity index (χ0n) is 20.1. The molecule has 0 bridgehead atoms. The lowest BCUT2D eigenvalue weighted by molar-refractivity contribution is -0.161. The highest BCUT2D eigenvalue weighted by Gasteiger charge is 2.54. The lowest BCUT2D eigenvalue weighted by atomic mass is 9.98. The molecule has 0 aromatic carbocycles. The van der Waals surface area contributed by atoms with E-state index in [9.17, 15) is 32.5 Å². The zero-order chi connectivity index (χ0) is 27.7. The minimum Gasteiger partial charge on any atom is -0.478 e. The fourth-order valence-electron chi connectivity index (χ4n) is 3.13. The molecule has 2 aromatic heterocycles. The Labute approximate surface area is 214 Å². The summed E-state index contributed by atoms with van der Waals surface area (Å²) in [5.74, 6) is -3.52. The number of anilines is 1. The Balaban J connectivity index is 1.87. The van der Waals surface area contributed by atoms with Crippen molar-refractivity contribution in [3.63, 3.8) is 0 Å². The monoisotopic (exact) mass is 559 g/mol. The average molecular weight is 560 g/mol. The van der Waals surface area contributed by atoms with Gasteiger partial charge in [-0.3, -0.25) is 14.1 Å². The molecule has 0 saturated carbocycles. The molecule has 1 saturated heterocycles. The van der Waals surface area contributed by atoms with Crippen molar-refractivity contribution in [2.45, 2.75) is 44.6 Å². The Morgan fingerprint density at radius 3 is 2.59 bits per heavy atom. The first kappa shape index (κ1) is 27.9. The Morgan fingerprint density at radius 1 is 1.38 bits per heavy atom. The van der Waals surface area contributed by atoms with E-state index in [1.807, 2.05) is 19.0 Å². The maximum Gasteiger partial charge on any atom is 0.362 e. The van der Waals surface area contributed by atoms with E-state index in [2.05, 4.69) is 25.7 Å². The number of carboxylic acid groups (broad SMARTS) is 1. The van der Waals surface area contributed by atoms with Crippen molar-refractivity contribution in [1.82, 2.24) is 34.5 Å². The maximum atomic E-state index is 13.1. The van der Waals surface area contributed by atoms with Gasteiger partial charge in [-0.2, -0.15) is 23.4 Å². The molecule has 3 heterocycles. The number of amides is 2. The number of nitrogens with zero attached hydrogens (tertiary/aromatic N) is 7. The van der Waals surface area contributed by atoms with Crippen LogP contribution < -0.4 is 11.1 Å². The van der Waals surface area contributed by atoms with Crippen LogP contribution in [0.4, 0.5) is 5.13 Å². The lowest BCUT2D eigenvalue weighted by Crippen LogP contribution is -2.73. The topological polar surface area (TPSA) is 236 Å². The summed E-state index contributed by atoms with van der Waals surface area (Å²) in [4.78, 5) is 49.0. The van der Waals surface area contributed by atoms with Gasteiger partial charge in [0.05, 0.1) is 18.4 Å². The number of carbonyl (C=O) groups excluding carboxylic acids is 2. The zero-order valence-corrected chi connectivity index (χ0v) is 21.7. The average Bonchev–Trinajstić information content (AvgIpc) is 3.39. The number of hydrogen-bond acceptors (Lipinski definition) is 13. The van der Waals surface area contributed by atoms with E-state index in [4.69, 9.17) is 10.6 Å². The van der Waals surface area contributed by atoms with Gasteiger partial charge in [0.1, 0.15) is 17.8 Å². The van der Waals surface area contributed by atoms with Crippen LogP contribution in [-0.4, -0.2) is 103 Å². The summed E-state index contributed by atoms with van der Waals surface area (Å²) in [6, 6.07) is -2.73.